The van der Waals surface area contributed by atoms with E-state index in [1.165, 1.54) is 5.57 Å². The third-order valence-electron chi connectivity index (χ3n) is 0.885. The number of hydrogen-bond acceptors (Lipinski definition) is 0. The molecule has 0 radical (unpaired) electrons. The fourth-order valence-electron chi connectivity index (χ4n) is 0.359. The Labute approximate surface area is 66.7 Å². The van der Waals surface area contributed by atoms with E-state index in [1.807, 2.05) is 33.8 Å². The summed E-state index contributed by atoms with van der Waals surface area (Å²) in [5.41, 5.74) is 1.32. The van der Waals surface area contributed by atoms with Gasteiger partial charge in [0.25, 0.3) is 0 Å². The van der Waals surface area contributed by atoms with Crippen LogP contribution in [0.1, 0.15) is 42.0 Å². The van der Waals surface area contributed by atoms with E-state index in [0.717, 1.165) is 0 Å². The molecule has 0 atom stereocenters. The van der Waals surface area contributed by atoms with Crippen LogP contribution in [0.5, 0.6) is 0 Å². The summed E-state index contributed by atoms with van der Waals surface area (Å²) in [6.45, 7) is 10.1. The molecule has 0 bridgehead atoms. The Hall–Kier alpha value is -0.520. The van der Waals surface area contributed by atoms with Gasteiger partial charge >= 0.3 is 0 Å². The summed E-state index contributed by atoms with van der Waals surface area (Å²) >= 11 is 0. The molecule has 0 aliphatic rings. The predicted molar refractivity (Wildman–Crippen MR) is 52.3 cm³/mol. The summed E-state index contributed by atoms with van der Waals surface area (Å²) < 4.78 is 0. The van der Waals surface area contributed by atoms with Crippen LogP contribution in [0, 0.1) is 0 Å². The summed E-state index contributed by atoms with van der Waals surface area (Å²) in [7, 11) is 0. The van der Waals surface area contributed by atoms with Crippen LogP contribution in [0.3, 0.4) is 0 Å². The smallest absolute Gasteiger partial charge is 0.0401 e. The molecule has 0 fully saturated rings. The first-order valence-electron chi connectivity index (χ1n) is 3.57. The van der Waals surface area contributed by atoms with Gasteiger partial charge in [0.15, 0.2) is 0 Å². The van der Waals surface area contributed by atoms with E-state index in [2.05, 4.69) is 19.1 Å². The normalized spacial score (nSPS) is 9.90. The molecular formula is C10H22. The van der Waals surface area contributed by atoms with E-state index >= 15 is 0 Å². The standard InChI is InChI=1S/C7H12.C2H6.CH4/c1-4-6-7(3)5-2;1-2;/h4-6H,1-3H3;1-2H3;1H4/b6-4-,7-5-;;. The number of allylic oxidation sites excluding steroid dienone is 4. The molecule has 0 heterocycles. The highest BCUT2D eigenvalue weighted by Gasteiger charge is 1.69. The molecule has 62 valence electrons. The van der Waals surface area contributed by atoms with Gasteiger partial charge in [-0.05, 0) is 20.8 Å². The van der Waals surface area contributed by atoms with Crippen molar-refractivity contribution in [2.45, 2.75) is 42.0 Å². The van der Waals surface area contributed by atoms with Gasteiger partial charge in [0.05, 0.1) is 0 Å². The Kier molecular flexibility index (Phi) is 25.7. The Morgan fingerprint density at radius 2 is 1.50 bits per heavy atom. The summed E-state index contributed by atoms with van der Waals surface area (Å²) in [5, 5.41) is 0. The highest BCUT2D eigenvalue weighted by Crippen LogP contribution is 1.91. The largest absolute Gasteiger partial charge is 0.0874 e. The van der Waals surface area contributed by atoms with Crippen LogP contribution >= 0.6 is 0 Å². The van der Waals surface area contributed by atoms with Gasteiger partial charge in [0.2, 0.25) is 0 Å². The Bertz CT molecular complexity index is 86.2. The highest BCUT2D eigenvalue weighted by atomic mass is 13.8. The summed E-state index contributed by atoms with van der Waals surface area (Å²) in [6, 6.07) is 0. The van der Waals surface area contributed by atoms with Gasteiger partial charge in [-0.25, -0.2) is 0 Å². The van der Waals surface area contributed by atoms with Crippen LogP contribution in [0.25, 0.3) is 0 Å². The van der Waals surface area contributed by atoms with Gasteiger partial charge < -0.3 is 0 Å². The molecule has 0 N–H and O–H groups in total. The van der Waals surface area contributed by atoms with Crippen LogP contribution in [-0.2, 0) is 0 Å². The second-order valence-electron chi connectivity index (χ2n) is 1.53. The molecule has 0 aliphatic heterocycles. The van der Waals surface area contributed by atoms with E-state index in [1.54, 1.807) is 0 Å². The maximum absolute atomic E-state index is 2.08. The van der Waals surface area contributed by atoms with Gasteiger partial charge in [-0.15, -0.1) is 0 Å². The first-order chi connectivity index (χ1) is 4.31. The average Bonchev–Trinajstić information content (AvgIpc) is 1.93. The van der Waals surface area contributed by atoms with Crippen LogP contribution in [0.4, 0.5) is 0 Å². The first-order valence-corrected chi connectivity index (χ1v) is 3.57. The minimum Gasteiger partial charge on any atom is -0.0874 e. The summed E-state index contributed by atoms with van der Waals surface area (Å²) in [6.07, 6.45) is 6.20. The molecule has 0 nitrogen and oxygen atoms in total. The van der Waals surface area contributed by atoms with Gasteiger partial charge in [-0.3, -0.25) is 0 Å². The van der Waals surface area contributed by atoms with Gasteiger partial charge in [-0.2, -0.15) is 0 Å². The zero-order chi connectivity index (χ0) is 7.70. The first kappa shape index (κ1) is 16.2. The SMILES string of the molecule is C.C/C=C\C(C)=C/C.CC. The molecule has 0 rings (SSSR count). The van der Waals surface area contributed by atoms with E-state index in [0.29, 0.717) is 0 Å². The van der Waals surface area contributed by atoms with Gasteiger partial charge in [0.1, 0.15) is 0 Å². The van der Waals surface area contributed by atoms with E-state index < -0.39 is 0 Å². The van der Waals surface area contributed by atoms with Gasteiger partial charge in [0, 0.05) is 0 Å². The molecule has 10 heavy (non-hydrogen) atoms. The molecule has 0 spiro atoms. The Balaban J connectivity index is -0.000000149. The molecule has 0 aliphatic carbocycles. The molecule has 0 heteroatoms. The van der Waals surface area contributed by atoms with Crippen molar-refractivity contribution in [3.8, 4) is 0 Å². The Morgan fingerprint density at radius 1 is 1.10 bits per heavy atom. The molecule has 0 aromatic heterocycles. The average molecular weight is 142 g/mol. The fourth-order valence-corrected chi connectivity index (χ4v) is 0.359. The van der Waals surface area contributed by atoms with Crippen LogP contribution in [0.2, 0.25) is 0 Å². The fraction of sp³-hybridized carbons (Fsp3) is 0.600. The highest BCUT2D eigenvalue weighted by molar-refractivity contribution is 5.13. The van der Waals surface area contributed by atoms with Crippen LogP contribution < -0.4 is 0 Å². The van der Waals surface area contributed by atoms with E-state index in [4.69, 9.17) is 0 Å². The lowest BCUT2D eigenvalue weighted by Gasteiger charge is -1.81. The quantitative estimate of drug-likeness (QED) is 0.481. The lowest BCUT2D eigenvalue weighted by Crippen LogP contribution is -1.60. The monoisotopic (exact) mass is 142 g/mol. The van der Waals surface area contributed by atoms with E-state index in [-0.39, 0.29) is 7.43 Å². The maximum atomic E-state index is 2.08. The summed E-state index contributed by atoms with van der Waals surface area (Å²) in [5.74, 6) is 0. The minimum atomic E-state index is 0. The maximum Gasteiger partial charge on any atom is -0.0401 e. The Morgan fingerprint density at radius 3 is 1.60 bits per heavy atom. The van der Waals surface area contributed by atoms with Crippen molar-refractivity contribution in [2.75, 3.05) is 0 Å². The molecule has 0 saturated heterocycles. The van der Waals surface area contributed by atoms with Crippen molar-refractivity contribution in [2.24, 2.45) is 0 Å². The lowest BCUT2D eigenvalue weighted by molar-refractivity contribution is 1.46. The topological polar surface area (TPSA) is 0 Å². The second-order valence-corrected chi connectivity index (χ2v) is 1.53. The second kappa shape index (κ2) is 15.8. The van der Waals surface area contributed by atoms with Gasteiger partial charge in [-0.1, -0.05) is 45.1 Å². The molecule has 0 aromatic rings. The third-order valence-corrected chi connectivity index (χ3v) is 0.885. The molecular weight excluding hydrogens is 120 g/mol. The zero-order valence-corrected chi connectivity index (χ0v) is 7.23. The summed E-state index contributed by atoms with van der Waals surface area (Å²) in [4.78, 5) is 0. The van der Waals surface area contributed by atoms with Crippen molar-refractivity contribution in [1.82, 2.24) is 0 Å². The van der Waals surface area contributed by atoms with Crippen molar-refractivity contribution in [3.63, 3.8) is 0 Å². The molecule has 0 amide bonds. The van der Waals surface area contributed by atoms with Crippen molar-refractivity contribution < 1.29 is 0 Å². The molecule has 0 saturated carbocycles. The molecule has 0 aromatic carbocycles. The number of rotatable bonds is 1. The predicted octanol–water partition coefficient (Wildman–Crippen LogP) is 4.19. The lowest BCUT2D eigenvalue weighted by atomic mass is 10.3. The van der Waals surface area contributed by atoms with Crippen LogP contribution in [-0.4, -0.2) is 0 Å². The molecule has 0 unspecified atom stereocenters. The van der Waals surface area contributed by atoms with Crippen LogP contribution in [0.15, 0.2) is 23.8 Å². The van der Waals surface area contributed by atoms with Crippen molar-refractivity contribution in [3.05, 3.63) is 23.8 Å². The van der Waals surface area contributed by atoms with Crippen molar-refractivity contribution >= 4 is 0 Å². The van der Waals surface area contributed by atoms with Crippen molar-refractivity contribution in [1.29, 1.82) is 0 Å². The number of hydrogen-bond donors (Lipinski definition) is 0. The van der Waals surface area contributed by atoms with E-state index in [9.17, 15) is 0 Å². The third kappa shape index (κ3) is 15.6. The minimum absolute atomic E-state index is 0. The zero-order valence-electron chi connectivity index (χ0n) is 7.23.